The predicted molar refractivity (Wildman–Crippen MR) is 116 cm³/mol. The largest absolute Gasteiger partial charge is 0.416 e. The van der Waals surface area contributed by atoms with Crippen LogP contribution in [-0.4, -0.2) is 37.7 Å². The first-order valence-electron chi connectivity index (χ1n) is 9.77. The van der Waals surface area contributed by atoms with Gasteiger partial charge in [-0.1, -0.05) is 36.4 Å². The van der Waals surface area contributed by atoms with Gasteiger partial charge in [0.15, 0.2) is 0 Å². The number of alkyl halides is 3. The quantitative estimate of drug-likeness (QED) is 0.689. The van der Waals surface area contributed by atoms with Gasteiger partial charge in [0.25, 0.3) is 0 Å². The lowest BCUT2D eigenvalue weighted by Gasteiger charge is -2.44. The first-order valence-corrected chi connectivity index (χ1v) is 9.77. The van der Waals surface area contributed by atoms with Crippen LogP contribution in [0.15, 0.2) is 48.5 Å². The lowest BCUT2D eigenvalue weighted by atomic mass is 9.89. The highest BCUT2D eigenvalue weighted by Crippen LogP contribution is 2.42. The molecule has 2 aromatic rings. The van der Waals surface area contributed by atoms with Crippen molar-refractivity contribution >= 4 is 24.8 Å². The number of hydrogen-bond acceptors (Lipinski definition) is 3. The third kappa shape index (κ3) is 5.11. The maximum Gasteiger partial charge on any atom is 0.416 e. The molecule has 1 N–H and O–H groups in total. The fourth-order valence-corrected chi connectivity index (χ4v) is 4.51. The van der Waals surface area contributed by atoms with Crippen LogP contribution in [0.2, 0.25) is 0 Å². The van der Waals surface area contributed by atoms with Crippen LogP contribution >= 0.6 is 24.8 Å². The van der Waals surface area contributed by atoms with E-state index >= 15 is 0 Å². The maximum atomic E-state index is 13.0. The Morgan fingerprint density at radius 1 is 1.00 bits per heavy atom. The van der Waals surface area contributed by atoms with Gasteiger partial charge >= 0.3 is 6.18 Å². The average molecular weight is 463 g/mol. The molecule has 0 bridgehead atoms. The van der Waals surface area contributed by atoms with E-state index in [-0.39, 0.29) is 37.0 Å². The van der Waals surface area contributed by atoms with Gasteiger partial charge in [0.1, 0.15) is 0 Å². The molecule has 2 aromatic carbocycles. The zero-order valence-corrected chi connectivity index (χ0v) is 18.2. The number of ether oxygens (including phenoxy) is 1. The smallest absolute Gasteiger partial charge is 0.374 e. The highest BCUT2D eigenvalue weighted by Gasteiger charge is 2.44. The van der Waals surface area contributed by atoms with Gasteiger partial charge in [-0.15, -0.1) is 24.8 Å². The van der Waals surface area contributed by atoms with E-state index in [4.69, 9.17) is 4.74 Å². The molecule has 0 aromatic heterocycles. The number of nitrogens with one attached hydrogen (secondary N) is 1. The second-order valence-electron chi connectivity index (χ2n) is 7.62. The van der Waals surface area contributed by atoms with E-state index in [1.165, 1.54) is 23.3 Å². The van der Waals surface area contributed by atoms with E-state index in [0.717, 1.165) is 45.1 Å². The van der Waals surface area contributed by atoms with Gasteiger partial charge in [-0.3, -0.25) is 4.90 Å². The van der Waals surface area contributed by atoms with Gasteiger partial charge in [-0.05, 0) is 41.7 Å². The van der Waals surface area contributed by atoms with Crippen LogP contribution in [0.3, 0.4) is 0 Å². The van der Waals surface area contributed by atoms with Crippen LogP contribution < -0.4 is 5.32 Å². The molecule has 1 heterocycles. The predicted octanol–water partition coefficient (Wildman–Crippen LogP) is 4.81. The number of rotatable bonds is 5. The zero-order valence-electron chi connectivity index (χ0n) is 16.6. The van der Waals surface area contributed by atoms with Crippen molar-refractivity contribution < 1.29 is 17.9 Å². The molecular weight excluding hydrogens is 436 g/mol. The third-order valence-electron chi connectivity index (χ3n) is 5.91. The highest BCUT2D eigenvalue weighted by atomic mass is 35.5. The van der Waals surface area contributed by atoms with Crippen molar-refractivity contribution in [3.8, 4) is 0 Å². The number of hydrogen-bond donors (Lipinski definition) is 1. The molecule has 1 unspecified atom stereocenters. The lowest BCUT2D eigenvalue weighted by molar-refractivity contribution is -0.137. The first-order chi connectivity index (χ1) is 13.5. The molecule has 0 spiro atoms. The third-order valence-corrected chi connectivity index (χ3v) is 5.91. The number of nitrogens with zero attached hydrogens (tertiary/aromatic N) is 1. The summed E-state index contributed by atoms with van der Waals surface area (Å²) in [6.07, 6.45) is -2.34. The molecule has 2 aliphatic rings. The van der Waals surface area contributed by atoms with Crippen LogP contribution in [0.5, 0.6) is 0 Å². The van der Waals surface area contributed by atoms with E-state index in [1.807, 2.05) is 0 Å². The molecule has 0 amide bonds. The van der Waals surface area contributed by atoms with Gasteiger partial charge in [-0.25, -0.2) is 0 Å². The molecule has 1 aliphatic heterocycles. The van der Waals surface area contributed by atoms with Crippen LogP contribution in [0, 0.1) is 0 Å². The second kappa shape index (κ2) is 10.3. The van der Waals surface area contributed by atoms with E-state index in [1.54, 1.807) is 6.07 Å². The Morgan fingerprint density at radius 2 is 1.73 bits per heavy atom. The fraction of sp³-hybridized carbons (Fsp3) is 0.455. The van der Waals surface area contributed by atoms with Crippen LogP contribution in [-0.2, 0) is 29.5 Å². The van der Waals surface area contributed by atoms with Crippen LogP contribution in [0.25, 0.3) is 0 Å². The van der Waals surface area contributed by atoms with E-state index in [0.29, 0.717) is 12.2 Å². The molecule has 1 atom stereocenters. The summed E-state index contributed by atoms with van der Waals surface area (Å²) in [4.78, 5) is 2.49. The molecule has 4 rings (SSSR count). The number of aryl methyl sites for hydroxylation is 1. The maximum absolute atomic E-state index is 13.0. The topological polar surface area (TPSA) is 24.5 Å². The summed E-state index contributed by atoms with van der Waals surface area (Å²) >= 11 is 0. The summed E-state index contributed by atoms with van der Waals surface area (Å²) < 4.78 is 44.9. The zero-order chi connectivity index (χ0) is 19.6. The Balaban J connectivity index is 0.00000160. The van der Waals surface area contributed by atoms with Crippen LogP contribution in [0.1, 0.15) is 28.7 Å². The lowest BCUT2D eigenvalue weighted by Crippen LogP contribution is -2.55. The molecule has 166 valence electrons. The fourth-order valence-electron chi connectivity index (χ4n) is 4.51. The summed E-state index contributed by atoms with van der Waals surface area (Å²) in [6, 6.07) is 13.9. The number of benzene rings is 2. The van der Waals surface area contributed by atoms with Gasteiger partial charge < -0.3 is 10.1 Å². The molecule has 1 saturated heterocycles. The normalized spacial score (nSPS) is 21.4. The van der Waals surface area contributed by atoms with Crippen molar-refractivity contribution in [2.75, 3.05) is 32.8 Å². The molecule has 0 saturated carbocycles. The van der Waals surface area contributed by atoms with Crippen molar-refractivity contribution in [2.45, 2.75) is 31.2 Å². The Kier molecular flexibility index (Phi) is 8.60. The molecule has 30 heavy (non-hydrogen) atoms. The second-order valence-corrected chi connectivity index (χ2v) is 7.62. The van der Waals surface area contributed by atoms with E-state index in [2.05, 4.69) is 34.5 Å². The molecular formula is C22H27Cl2F3N2O. The number of fused-ring (bicyclic) bond motifs is 1. The highest BCUT2D eigenvalue weighted by molar-refractivity contribution is 5.85. The van der Waals surface area contributed by atoms with Crippen molar-refractivity contribution in [1.82, 2.24) is 10.2 Å². The first kappa shape index (κ1) is 25.0. The monoisotopic (exact) mass is 462 g/mol. The molecule has 3 nitrogen and oxygen atoms in total. The van der Waals surface area contributed by atoms with Gasteiger partial charge in [-0.2, -0.15) is 13.2 Å². The molecule has 1 aliphatic carbocycles. The Labute approximate surface area is 187 Å². The summed E-state index contributed by atoms with van der Waals surface area (Å²) in [6.45, 7) is 4.44. The summed E-state index contributed by atoms with van der Waals surface area (Å²) in [5.74, 6) is 0. The minimum atomic E-state index is -4.33. The average Bonchev–Trinajstić information content (AvgIpc) is 3.08. The SMILES string of the molecule is Cl.Cl.FC(F)(F)c1cccc(COCC2(N3CCNCC3)CCc3ccccc32)c1. The molecule has 1 fully saturated rings. The van der Waals surface area contributed by atoms with Crippen LogP contribution in [0.4, 0.5) is 13.2 Å². The number of halogens is 5. The standard InChI is InChI=1S/C22H25F3N2O.2ClH/c23-22(24,25)19-6-3-4-17(14-19)15-28-16-21(27-12-10-26-11-13-27)9-8-18-5-1-2-7-20(18)21;;/h1-7,14,26H,8-13,15-16H2;2*1H. The molecule has 8 heteroatoms. The van der Waals surface area contributed by atoms with Crippen molar-refractivity contribution in [1.29, 1.82) is 0 Å². The van der Waals surface area contributed by atoms with E-state index in [9.17, 15) is 13.2 Å². The minimum Gasteiger partial charge on any atom is -0.374 e. The van der Waals surface area contributed by atoms with E-state index < -0.39 is 11.7 Å². The molecule has 0 radical (unpaired) electrons. The Morgan fingerprint density at radius 3 is 2.47 bits per heavy atom. The summed E-state index contributed by atoms with van der Waals surface area (Å²) in [7, 11) is 0. The minimum absolute atomic E-state index is 0. The van der Waals surface area contributed by atoms with Crippen molar-refractivity contribution in [3.05, 3.63) is 70.8 Å². The number of piperazine rings is 1. The van der Waals surface area contributed by atoms with Gasteiger partial charge in [0, 0.05) is 26.2 Å². The Bertz CT molecular complexity index is 828. The summed E-state index contributed by atoms with van der Waals surface area (Å²) in [5.41, 5.74) is 2.39. The summed E-state index contributed by atoms with van der Waals surface area (Å²) in [5, 5.41) is 3.39. The van der Waals surface area contributed by atoms with Gasteiger partial charge in [0.2, 0.25) is 0 Å². The van der Waals surface area contributed by atoms with Crippen molar-refractivity contribution in [2.24, 2.45) is 0 Å². The van der Waals surface area contributed by atoms with Crippen molar-refractivity contribution in [3.63, 3.8) is 0 Å². The Hall–Kier alpha value is -1.31. The van der Waals surface area contributed by atoms with Gasteiger partial charge in [0.05, 0.1) is 24.3 Å².